The molecule has 1 aliphatic carbocycles. The molecule has 0 aromatic carbocycles. The smallest absolute Gasteiger partial charge is 0.407 e. The second-order valence-corrected chi connectivity index (χ2v) is 7.70. The zero-order chi connectivity index (χ0) is 19.1. The summed E-state index contributed by atoms with van der Waals surface area (Å²) in [6.45, 7) is 0.521. The summed E-state index contributed by atoms with van der Waals surface area (Å²) in [4.78, 5) is 23.3. The highest BCUT2D eigenvalue weighted by molar-refractivity contribution is 7.08. The maximum absolute atomic E-state index is 12.2. The van der Waals surface area contributed by atoms with Crippen molar-refractivity contribution in [3.8, 4) is 11.8 Å². The van der Waals surface area contributed by atoms with Gasteiger partial charge in [-0.3, -0.25) is 4.79 Å². The van der Waals surface area contributed by atoms with E-state index in [1.807, 2.05) is 16.1 Å². The molecule has 5 nitrogen and oxygen atoms in total. The average Bonchev–Trinajstić information content (AvgIpc) is 3.29. The molecule has 1 N–H and O–H groups in total. The van der Waals surface area contributed by atoms with Gasteiger partial charge in [0.2, 0.25) is 0 Å². The number of alkyl carbamates (subject to hydrolysis) is 1. The fourth-order valence-corrected chi connectivity index (χ4v) is 4.46. The number of thiophene rings is 2. The van der Waals surface area contributed by atoms with Crippen LogP contribution >= 0.6 is 22.7 Å². The third-order valence-electron chi connectivity index (χ3n) is 4.32. The molecule has 0 spiro atoms. The van der Waals surface area contributed by atoms with Crippen molar-refractivity contribution in [3.05, 3.63) is 43.8 Å². The van der Waals surface area contributed by atoms with Crippen LogP contribution in [-0.4, -0.2) is 25.7 Å². The van der Waals surface area contributed by atoms with Gasteiger partial charge in [0.25, 0.3) is 0 Å². The molecule has 2 heterocycles. The van der Waals surface area contributed by atoms with E-state index in [0.717, 1.165) is 41.5 Å². The third kappa shape index (κ3) is 5.34. The Labute approximate surface area is 166 Å². The van der Waals surface area contributed by atoms with E-state index in [9.17, 15) is 9.59 Å². The molecule has 7 heteroatoms. The Balaban J connectivity index is 1.51. The lowest BCUT2D eigenvalue weighted by Gasteiger charge is -2.19. The van der Waals surface area contributed by atoms with E-state index in [1.54, 1.807) is 22.7 Å². The van der Waals surface area contributed by atoms with Crippen LogP contribution in [0.25, 0.3) is 0 Å². The maximum Gasteiger partial charge on any atom is 0.407 e. The number of carbonyl (C=O) groups is 2. The minimum absolute atomic E-state index is 0.200. The summed E-state index contributed by atoms with van der Waals surface area (Å²) in [5.74, 6) is 6.19. The van der Waals surface area contributed by atoms with Crippen LogP contribution < -0.4 is 5.32 Å². The highest BCUT2D eigenvalue weighted by Gasteiger charge is 2.23. The lowest BCUT2D eigenvalue weighted by atomic mass is 9.97. The Hall–Kier alpha value is -2.30. The topological polar surface area (TPSA) is 64.6 Å². The van der Waals surface area contributed by atoms with E-state index in [-0.39, 0.29) is 12.1 Å². The van der Waals surface area contributed by atoms with Gasteiger partial charge in [0.15, 0.2) is 0 Å². The number of nitrogens with one attached hydrogen (secondary N) is 1. The Kier molecular flexibility index (Phi) is 6.91. The van der Waals surface area contributed by atoms with Crippen LogP contribution in [-0.2, 0) is 20.7 Å². The highest BCUT2D eigenvalue weighted by Crippen LogP contribution is 2.31. The standard InChI is InChI=1S/C20H21NO4S2/c1-24-19(22)5-3-2-4-8-21-20(23)25-18-9-16-12-26-10-14(16)6-7-15-11-27-13-17(15)18/h10-13,18H,2-5,8-9H2,1H3,(H,21,23). The first-order valence-electron chi connectivity index (χ1n) is 8.82. The molecule has 1 amide bonds. The molecule has 0 bridgehead atoms. The van der Waals surface area contributed by atoms with Gasteiger partial charge in [0.1, 0.15) is 6.10 Å². The molecule has 0 saturated heterocycles. The number of unbranched alkanes of at least 4 members (excludes halogenated alkanes) is 2. The summed E-state index contributed by atoms with van der Waals surface area (Å²) in [5, 5.41) is 10.9. The zero-order valence-electron chi connectivity index (χ0n) is 15.1. The van der Waals surface area contributed by atoms with Crippen molar-refractivity contribution >= 4 is 34.7 Å². The summed E-state index contributed by atoms with van der Waals surface area (Å²) >= 11 is 3.18. The number of hydrogen-bond donors (Lipinski definition) is 1. The van der Waals surface area contributed by atoms with Gasteiger partial charge in [-0.15, -0.1) is 0 Å². The Bertz CT molecular complexity index is 859. The Morgan fingerprint density at radius 2 is 1.89 bits per heavy atom. The molecule has 0 radical (unpaired) electrons. The molecule has 0 saturated carbocycles. The Morgan fingerprint density at radius 1 is 1.11 bits per heavy atom. The molecular formula is C20H21NO4S2. The van der Waals surface area contributed by atoms with E-state index in [0.29, 0.717) is 19.4 Å². The first-order chi connectivity index (χ1) is 13.2. The third-order valence-corrected chi connectivity index (χ3v) is 5.88. The minimum atomic E-state index is -0.421. The second-order valence-electron chi connectivity index (χ2n) is 6.21. The summed E-state index contributed by atoms with van der Waals surface area (Å²) in [6.07, 6.45) is 2.67. The van der Waals surface area contributed by atoms with Crippen molar-refractivity contribution in [2.45, 2.75) is 38.2 Å². The van der Waals surface area contributed by atoms with Crippen molar-refractivity contribution in [2.24, 2.45) is 0 Å². The van der Waals surface area contributed by atoms with Gasteiger partial charge in [-0.2, -0.15) is 22.7 Å². The molecule has 1 aliphatic rings. The van der Waals surface area contributed by atoms with Gasteiger partial charge >= 0.3 is 12.1 Å². The van der Waals surface area contributed by atoms with E-state index in [4.69, 9.17) is 4.74 Å². The lowest BCUT2D eigenvalue weighted by Crippen LogP contribution is -2.28. The number of fused-ring (bicyclic) bond motifs is 2. The van der Waals surface area contributed by atoms with Crippen molar-refractivity contribution in [3.63, 3.8) is 0 Å². The summed E-state index contributed by atoms with van der Waals surface area (Å²) in [7, 11) is 1.39. The first kappa shape index (κ1) is 19.5. The normalized spacial score (nSPS) is 14.6. The van der Waals surface area contributed by atoms with Crippen LogP contribution in [0.1, 0.15) is 54.0 Å². The molecule has 2 aromatic rings. The minimum Gasteiger partial charge on any atom is -0.469 e. The highest BCUT2D eigenvalue weighted by atomic mass is 32.1. The molecule has 2 aromatic heterocycles. The molecule has 0 aliphatic heterocycles. The number of ether oxygens (including phenoxy) is 2. The van der Waals surface area contributed by atoms with Crippen LogP contribution in [0.5, 0.6) is 0 Å². The summed E-state index contributed by atoms with van der Waals surface area (Å²) in [6, 6.07) is 0. The fourth-order valence-electron chi connectivity index (χ4n) is 2.83. The molecular weight excluding hydrogens is 382 g/mol. The average molecular weight is 404 g/mol. The number of carbonyl (C=O) groups excluding carboxylic acids is 2. The largest absolute Gasteiger partial charge is 0.469 e. The number of rotatable bonds is 7. The summed E-state index contributed by atoms with van der Waals surface area (Å²) < 4.78 is 10.3. The van der Waals surface area contributed by atoms with Gasteiger partial charge in [0.05, 0.1) is 7.11 Å². The zero-order valence-corrected chi connectivity index (χ0v) is 16.7. The van der Waals surface area contributed by atoms with Crippen molar-refractivity contribution in [1.82, 2.24) is 5.32 Å². The molecule has 3 rings (SSSR count). The van der Waals surface area contributed by atoms with Gasteiger partial charge in [-0.1, -0.05) is 18.3 Å². The molecule has 1 atom stereocenters. The Morgan fingerprint density at radius 3 is 2.74 bits per heavy atom. The first-order valence-corrected chi connectivity index (χ1v) is 10.7. The summed E-state index contributed by atoms with van der Waals surface area (Å²) in [5.41, 5.74) is 4.02. The number of hydrogen-bond acceptors (Lipinski definition) is 6. The lowest BCUT2D eigenvalue weighted by molar-refractivity contribution is -0.140. The number of amides is 1. The van der Waals surface area contributed by atoms with Crippen molar-refractivity contribution in [1.29, 1.82) is 0 Å². The van der Waals surface area contributed by atoms with Crippen molar-refractivity contribution < 1.29 is 19.1 Å². The van der Waals surface area contributed by atoms with E-state index >= 15 is 0 Å². The van der Waals surface area contributed by atoms with Gasteiger partial charge in [0, 0.05) is 46.8 Å². The van der Waals surface area contributed by atoms with Crippen LogP contribution in [0.2, 0.25) is 0 Å². The van der Waals surface area contributed by atoms with Gasteiger partial charge in [-0.05, 0) is 29.2 Å². The maximum atomic E-state index is 12.2. The monoisotopic (exact) mass is 403 g/mol. The van der Waals surface area contributed by atoms with Crippen LogP contribution in [0, 0.1) is 11.8 Å². The van der Waals surface area contributed by atoms with E-state index in [2.05, 4.69) is 27.3 Å². The van der Waals surface area contributed by atoms with Crippen LogP contribution in [0.3, 0.4) is 0 Å². The number of methoxy groups -OCH3 is 1. The van der Waals surface area contributed by atoms with Gasteiger partial charge < -0.3 is 14.8 Å². The van der Waals surface area contributed by atoms with E-state index < -0.39 is 6.09 Å². The van der Waals surface area contributed by atoms with Crippen molar-refractivity contribution in [2.75, 3.05) is 13.7 Å². The molecule has 27 heavy (non-hydrogen) atoms. The SMILES string of the molecule is COC(=O)CCCCCNC(=O)OC1Cc2cscc2C#Cc2cscc21. The van der Waals surface area contributed by atoms with Crippen LogP contribution in [0.4, 0.5) is 4.79 Å². The predicted molar refractivity (Wildman–Crippen MR) is 106 cm³/mol. The quantitative estimate of drug-likeness (QED) is 0.426. The second kappa shape index (κ2) is 9.58. The van der Waals surface area contributed by atoms with Crippen LogP contribution in [0.15, 0.2) is 21.5 Å². The predicted octanol–water partition coefficient (Wildman–Crippen LogP) is 4.27. The fraction of sp³-hybridized carbons (Fsp3) is 0.400. The van der Waals surface area contributed by atoms with E-state index in [1.165, 1.54) is 7.11 Å². The van der Waals surface area contributed by atoms with Gasteiger partial charge in [-0.25, -0.2) is 4.79 Å². The molecule has 142 valence electrons. The number of esters is 1. The molecule has 1 unspecified atom stereocenters. The molecule has 0 fully saturated rings.